The Hall–Kier alpha value is -4.14. The van der Waals surface area contributed by atoms with Crippen LogP contribution < -0.4 is 20.1 Å². The van der Waals surface area contributed by atoms with Crippen molar-refractivity contribution in [2.45, 2.75) is 127 Å². The Morgan fingerprint density at radius 1 is 0.983 bits per heavy atom. The molecule has 2 N–H and O–H groups in total. The molecule has 316 valence electrons. The zero-order chi connectivity index (χ0) is 41.1. The molecule has 1 aromatic carbocycles. The molecule has 2 aliphatic heterocycles. The van der Waals surface area contributed by atoms with Crippen molar-refractivity contribution in [1.29, 1.82) is 0 Å². The van der Waals surface area contributed by atoms with Crippen molar-refractivity contribution in [3.8, 4) is 11.5 Å². The van der Waals surface area contributed by atoms with Gasteiger partial charge < -0.3 is 44.0 Å². The first-order valence-corrected chi connectivity index (χ1v) is 21.1. The molecule has 5 aliphatic rings. The molecule has 3 aliphatic carbocycles. The first-order chi connectivity index (χ1) is 27.9. The third kappa shape index (κ3) is 9.34. The van der Waals surface area contributed by atoms with E-state index in [2.05, 4.69) is 10.6 Å². The highest BCUT2D eigenvalue weighted by Crippen LogP contribution is 2.52. The Bertz CT molecular complexity index is 1890. The van der Waals surface area contributed by atoms with E-state index < -0.39 is 53.9 Å². The van der Waals surface area contributed by atoms with Crippen molar-refractivity contribution in [3.63, 3.8) is 0 Å². The third-order valence-electron chi connectivity index (χ3n) is 12.5. The SMILES string of the molecule is COC(=O)[C@@]12C[C@H]1CCCCCCC[C@H](NC(=O)OC1C[C@@H]3C[C@@H]3C1)C(=O)N1C[C@H](Oc3cc(C=C(C)C)nc4c(Cl)c(OCC(OC)OC)ccc34)C[C@H]1C(=O)N2. The maximum Gasteiger partial charge on any atom is 0.408 e. The van der Waals surface area contributed by atoms with Gasteiger partial charge in [0.1, 0.15) is 53.0 Å². The number of hydrogen-bond acceptors (Lipinski definition) is 11. The highest BCUT2D eigenvalue weighted by Gasteiger charge is 2.62. The lowest BCUT2D eigenvalue weighted by Crippen LogP contribution is -2.56. The number of ether oxygens (including phenoxy) is 6. The number of methoxy groups -OCH3 is 3. The Morgan fingerprint density at radius 3 is 2.41 bits per heavy atom. The van der Waals surface area contributed by atoms with Crippen LogP contribution in [-0.4, -0.2) is 104 Å². The number of hydrogen-bond donors (Lipinski definition) is 2. The molecule has 5 fully saturated rings. The molecule has 14 nitrogen and oxygen atoms in total. The molecular weight excluding hydrogens is 768 g/mol. The maximum atomic E-state index is 14.7. The van der Waals surface area contributed by atoms with Gasteiger partial charge in [-0.3, -0.25) is 9.59 Å². The van der Waals surface area contributed by atoms with E-state index in [0.29, 0.717) is 59.2 Å². The van der Waals surface area contributed by atoms with Crippen LogP contribution in [0.1, 0.15) is 96.6 Å². The van der Waals surface area contributed by atoms with Crippen molar-refractivity contribution < 1.29 is 47.6 Å². The number of nitrogens with one attached hydrogen (secondary N) is 2. The number of rotatable bonds is 11. The molecule has 2 aromatic rings. The average Bonchev–Trinajstić information content (AvgIpc) is 3.99. The minimum absolute atomic E-state index is 0.0525. The zero-order valence-electron chi connectivity index (χ0n) is 34.2. The Balaban J connectivity index is 1.18. The van der Waals surface area contributed by atoms with E-state index in [1.165, 1.54) is 32.7 Å². The second kappa shape index (κ2) is 18.0. The molecule has 0 radical (unpaired) electrons. The Kier molecular flexibility index (Phi) is 13.0. The highest BCUT2D eigenvalue weighted by molar-refractivity contribution is 6.36. The van der Waals surface area contributed by atoms with Crippen LogP contribution in [0.3, 0.4) is 0 Å². The van der Waals surface area contributed by atoms with E-state index in [9.17, 15) is 19.2 Å². The van der Waals surface area contributed by atoms with Crippen molar-refractivity contribution >= 4 is 52.5 Å². The van der Waals surface area contributed by atoms with Gasteiger partial charge >= 0.3 is 12.1 Å². The summed E-state index contributed by atoms with van der Waals surface area (Å²) in [4.78, 5) is 61.9. The highest BCUT2D eigenvalue weighted by atomic mass is 35.5. The monoisotopic (exact) mass is 824 g/mol. The number of pyridine rings is 1. The Labute approximate surface area is 345 Å². The van der Waals surface area contributed by atoms with Gasteiger partial charge in [-0.2, -0.15) is 0 Å². The zero-order valence-corrected chi connectivity index (χ0v) is 34.9. The number of carbonyl (C=O) groups is 4. The van der Waals surface area contributed by atoms with Gasteiger partial charge in [0.05, 0.1) is 24.9 Å². The van der Waals surface area contributed by atoms with Crippen molar-refractivity contribution in [2.75, 3.05) is 34.5 Å². The van der Waals surface area contributed by atoms with Gasteiger partial charge in [0.15, 0.2) is 6.29 Å². The average molecular weight is 825 g/mol. The molecule has 3 amide bonds. The van der Waals surface area contributed by atoms with Crippen LogP contribution in [0.25, 0.3) is 17.0 Å². The van der Waals surface area contributed by atoms with Crippen LogP contribution in [0.5, 0.6) is 11.5 Å². The van der Waals surface area contributed by atoms with Crippen molar-refractivity contribution in [1.82, 2.24) is 20.5 Å². The molecular formula is C43H57ClN4O10. The molecule has 0 bridgehead atoms. The van der Waals surface area contributed by atoms with Crippen LogP contribution in [0, 0.1) is 17.8 Å². The number of fused-ring (bicyclic) bond motifs is 4. The number of carbonyl (C=O) groups excluding carboxylic acids is 4. The number of allylic oxidation sites excluding steroid dienone is 1. The molecule has 0 spiro atoms. The molecule has 3 heterocycles. The second-order valence-electron chi connectivity index (χ2n) is 16.9. The predicted molar refractivity (Wildman–Crippen MR) is 215 cm³/mol. The molecule has 15 heteroatoms. The van der Waals surface area contributed by atoms with Crippen LogP contribution >= 0.6 is 11.6 Å². The van der Waals surface area contributed by atoms with E-state index in [1.54, 1.807) is 12.1 Å². The summed E-state index contributed by atoms with van der Waals surface area (Å²) in [6.07, 6.45) is 9.00. The number of amides is 3. The van der Waals surface area contributed by atoms with E-state index in [4.69, 9.17) is 45.0 Å². The minimum Gasteiger partial charge on any atom is -0.488 e. The standard InChI is InChI=1S/C43H57ClN4O10/c1-24(2)15-28-19-35(31-13-14-34(37(44)38(31)45-28)56-23-36(53-3)54-4)57-30-20-33-39(49)47-43(41(51)55-5)21-27(43)11-9-7-6-8-10-12-32(40(50)48(33)22-30)46-42(52)58-29-17-25-16-26(25)18-29/h13-15,19,25-27,29-30,32-33,36H,6-12,16-18,20-23H2,1-5H3,(H,46,52)(H,47,49)/t25-,26+,27-,29?,30-,32+,33+,43-/m1/s1. The molecule has 3 saturated carbocycles. The van der Waals surface area contributed by atoms with Crippen LogP contribution in [0.4, 0.5) is 4.79 Å². The van der Waals surface area contributed by atoms with Crippen LogP contribution in [0.15, 0.2) is 23.8 Å². The molecule has 2 saturated heterocycles. The van der Waals surface area contributed by atoms with Gasteiger partial charge in [-0.05, 0) is 88.3 Å². The molecule has 1 aromatic heterocycles. The van der Waals surface area contributed by atoms with E-state index in [1.807, 2.05) is 26.0 Å². The lowest BCUT2D eigenvalue weighted by molar-refractivity contribution is -0.148. The number of aromatic nitrogens is 1. The Morgan fingerprint density at radius 2 is 1.71 bits per heavy atom. The summed E-state index contributed by atoms with van der Waals surface area (Å²) >= 11 is 6.93. The summed E-state index contributed by atoms with van der Waals surface area (Å²) in [5.41, 5.74) is 0.890. The van der Waals surface area contributed by atoms with Crippen LogP contribution in [0.2, 0.25) is 5.02 Å². The number of halogens is 1. The third-order valence-corrected chi connectivity index (χ3v) is 12.8. The summed E-state index contributed by atoms with van der Waals surface area (Å²) in [5, 5.41) is 6.81. The maximum absolute atomic E-state index is 14.7. The van der Waals surface area contributed by atoms with Crippen molar-refractivity contribution in [3.05, 3.63) is 34.5 Å². The van der Waals surface area contributed by atoms with Gasteiger partial charge in [0, 0.05) is 32.1 Å². The summed E-state index contributed by atoms with van der Waals surface area (Å²) in [5.74, 6) is 0.701. The summed E-state index contributed by atoms with van der Waals surface area (Å²) in [6, 6.07) is 3.43. The molecule has 7 rings (SSSR count). The number of nitrogens with zero attached hydrogens (tertiary/aromatic N) is 2. The fourth-order valence-electron chi connectivity index (χ4n) is 9.18. The minimum atomic E-state index is -1.15. The summed E-state index contributed by atoms with van der Waals surface area (Å²) in [6.45, 7) is 4.06. The number of alkyl carbamates (subject to hydrolysis) is 1. The molecule has 58 heavy (non-hydrogen) atoms. The first kappa shape index (κ1) is 42.0. The van der Waals surface area contributed by atoms with E-state index >= 15 is 0 Å². The van der Waals surface area contributed by atoms with Crippen LogP contribution in [-0.2, 0) is 33.3 Å². The van der Waals surface area contributed by atoms with E-state index in [0.717, 1.165) is 50.5 Å². The second-order valence-corrected chi connectivity index (χ2v) is 17.3. The van der Waals surface area contributed by atoms with Gasteiger partial charge in [0.25, 0.3) is 0 Å². The lowest BCUT2D eigenvalue weighted by atomic mass is 10.0. The van der Waals surface area contributed by atoms with Crippen molar-refractivity contribution in [2.24, 2.45) is 17.8 Å². The van der Waals surface area contributed by atoms with Gasteiger partial charge in [-0.25, -0.2) is 14.6 Å². The lowest BCUT2D eigenvalue weighted by Gasteiger charge is -2.29. The van der Waals surface area contributed by atoms with E-state index in [-0.39, 0.29) is 36.6 Å². The number of esters is 1. The summed E-state index contributed by atoms with van der Waals surface area (Å²) in [7, 11) is 4.37. The topological polar surface area (TPSA) is 164 Å². The normalized spacial score (nSPS) is 29.6. The number of benzene rings is 1. The first-order valence-electron chi connectivity index (χ1n) is 20.7. The smallest absolute Gasteiger partial charge is 0.408 e. The fourth-order valence-corrected chi connectivity index (χ4v) is 9.44. The predicted octanol–water partition coefficient (Wildman–Crippen LogP) is 6.34. The van der Waals surface area contributed by atoms with Gasteiger partial charge in [0.2, 0.25) is 11.8 Å². The van der Waals surface area contributed by atoms with Gasteiger partial charge in [-0.1, -0.05) is 49.3 Å². The van der Waals surface area contributed by atoms with Gasteiger partial charge in [-0.15, -0.1) is 0 Å². The quantitative estimate of drug-likeness (QED) is 0.192. The fraction of sp³-hybridized carbons (Fsp3) is 0.651. The summed E-state index contributed by atoms with van der Waals surface area (Å²) < 4.78 is 34.2. The largest absolute Gasteiger partial charge is 0.488 e. The molecule has 8 atom stereocenters. The molecule has 1 unspecified atom stereocenters.